The highest BCUT2D eigenvalue weighted by atomic mass is 16.7. The molecule has 1 aromatic rings. The Morgan fingerprint density at radius 2 is 1.86 bits per heavy atom. The molecule has 112 valence electrons. The zero-order valence-corrected chi connectivity index (χ0v) is 13.4. The van der Waals surface area contributed by atoms with Crippen molar-refractivity contribution in [3.63, 3.8) is 0 Å². The summed E-state index contributed by atoms with van der Waals surface area (Å²) in [5, 5.41) is 0. The molecule has 2 aliphatic rings. The number of hydrogen-bond donors (Lipinski definition) is 1. The van der Waals surface area contributed by atoms with Crippen LogP contribution in [-0.4, -0.2) is 35.3 Å². The smallest absolute Gasteiger partial charge is 0.399 e. The zero-order chi connectivity index (χ0) is 15.3. The SMILES string of the molecule is CN1C=CC(B2OC(C)(C)C(C)(C)O2)=CC1c1ccc[nH]1. The van der Waals surface area contributed by atoms with Crippen molar-refractivity contribution in [3.8, 4) is 0 Å². The van der Waals surface area contributed by atoms with E-state index in [0.717, 1.165) is 11.2 Å². The van der Waals surface area contributed by atoms with E-state index >= 15 is 0 Å². The maximum atomic E-state index is 6.13. The van der Waals surface area contributed by atoms with Gasteiger partial charge >= 0.3 is 7.12 Å². The number of aromatic amines is 1. The van der Waals surface area contributed by atoms with Crippen LogP contribution in [0.1, 0.15) is 39.4 Å². The quantitative estimate of drug-likeness (QED) is 0.849. The number of allylic oxidation sites excluding steroid dienone is 2. The summed E-state index contributed by atoms with van der Waals surface area (Å²) in [6.45, 7) is 8.31. The normalized spacial score (nSPS) is 27.1. The molecule has 0 spiro atoms. The summed E-state index contributed by atoms with van der Waals surface area (Å²) >= 11 is 0. The zero-order valence-electron chi connectivity index (χ0n) is 13.4. The van der Waals surface area contributed by atoms with Crippen LogP contribution in [0.25, 0.3) is 0 Å². The van der Waals surface area contributed by atoms with E-state index in [1.807, 2.05) is 12.3 Å². The molecule has 1 unspecified atom stereocenters. The van der Waals surface area contributed by atoms with Gasteiger partial charge in [0.15, 0.2) is 0 Å². The fraction of sp³-hybridized carbons (Fsp3) is 0.500. The van der Waals surface area contributed by atoms with Crippen molar-refractivity contribution in [2.24, 2.45) is 0 Å². The molecule has 0 bridgehead atoms. The van der Waals surface area contributed by atoms with E-state index in [2.05, 4.69) is 69.0 Å². The van der Waals surface area contributed by atoms with Gasteiger partial charge in [-0.2, -0.15) is 0 Å². The summed E-state index contributed by atoms with van der Waals surface area (Å²) in [6, 6.07) is 4.29. The van der Waals surface area contributed by atoms with Crippen molar-refractivity contribution in [1.82, 2.24) is 9.88 Å². The van der Waals surface area contributed by atoms with Gasteiger partial charge in [-0.1, -0.05) is 6.08 Å². The first-order valence-corrected chi connectivity index (χ1v) is 7.41. The third-order valence-electron chi connectivity index (χ3n) is 4.76. The topological polar surface area (TPSA) is 37.5 Å². The minimum atomic E-state index is -0.308. The third-order valence-corrected chi connectivity index (χ3v) is 4.76. The first kappa shape index (κ1) is 14.5. The first-order valence-electron chi connectivity index (χ1n) is 7.41. The average molecular weight is 286 g/mol. The van der Waals surface area contributed by atoms with Crippen molar-refractivity contribution in [3.05, 3.63) is 47.8 Å². The van der Waals surface area contributed by atoms with Crippen LogP contribution in [0.2, 0.25) is 0 Å². The first-order chi connectivity index (χ1) is 9.80. The predicted molar refractivity (Wildman–Crippen MR) is 84.6 cm³/mol. The number of nitrogens with one attached hydrogen (secondary N) is 1. The summed E-state index contributed by atoms with van der Waals surface area (Å²) < 4.78 is 12.3. The largest absolute Gasteiger partial charge is 0.494 e. The van der Waals surface area contributed by atoms with Gasteiger partial charge in [0.1, 0.15) is 0 Å². The minimum Gasteiger partial charge on any atom is -0.399 e. The highest BCUT2D eigenvalue weighted by molar-refractivity contribution is 6.55. The molecule has 1 N–H and O–H groups in total. The lowest BCUT2D eigenvalue weighted by Crippen LogP contribution is -2.41. The Labute approximate surface area is 127 Å². The van der Waals surface area contributed by atoms with Gasteiger partial charge in [0, 0.05) is 18.9 Å². The van der Waals surface area contributed by atoms with E-state index in [1.54, 1.807) is 0 Å². The van der Waals surface area contributed by atoms with E-state index in [0.29, 0.717) is 0 Å². The van der Waals surface area contributed by atoms with E-state index in [1.165, 1.54) is 0 Å². The van der Waals surface area contributed by atoms with Crippen molar-refractivity contribution in [2.45, 2.75) is 44.9 Å². The number of nitrogens with zero attached hydrogens (tertiary/aromatic N) is 1. The van der Waals surface area contributed by atoms with E-state index in [-0.39, 0.29) is 24.4 Å². The molecular formula is C16H23BN2O2. The molecule has 1 saturated heterocycles. The fourth-order valence-corrected chi connectivity index (χ4v) is 2.63. The number of rotatable bonds is 2. The Morgan fingerprint density at radius 3 is 2.43 bits per heavy atom. The second-order valence-corrected chi connectivity index (χ2v) is 6.81. The van der Waals surface area contributed by atoms with Gasteiger partial charge < -0.3 is 19.2 Å². The second kappa shape index (κ2) is 4.78. The highest BCUT2D eigenvalue weighted by Gasteiger charge is 2.52. The van der Waals surface area contributed by atoms with Crippen LogP contribution >= 0.6 is 0 Å². The molecule has 1 aromatic heterocycles. The monoisotopic (exact) mass is 286 g/mol. The Hall–Kier alpha value is -1.46. The molecule has 3 heterocycles. The Bertz CT molecular complexity index is 559. The van der Waals surface area contributed by atoms with Crippen LogP contribution in [0.4, 0.5) is 0 Å². The number of hydrogen-bond acceptors (Lipinski definition) is 3. The molecule has 1 atom stereocenters. The maximum absolute atomic E-state index is 6.13. The van der Waals surface area contributed by atoms with Crippen LogP contribution in [-0.2, 0) is 9.31 Å². The van der Waals surface area contributed by atoms with E-state index in [9.17, 15) is 0 Å². The van der Waals surface area contributed by atoms with Crippen molar-refractivity contribution in [2.75, 3.05) is 7.05 Å². The Balaban J connectivity index is 1.86. The lowest BCUT2D eigenvalue weighted by Gasteiger charge is -2.32. The summed E-state index contributed by atoms with van der Waals surface area (Å²) in [5.41, 5.74) is 1.62. The van der Waals surface area contributed by atoms with Crippen LogP contribution in [0, 0.1) is 0 Å². The average Bonchev–Trinajstić information content (AvgIpc) is 2.97. The Morgan fingerprint density at radius 1 is 1.19 bits per heavy atom. The van der Waals surface area contributed by atoms with Gasteiger partial charge in [0.25, 0.3) is 0 Å². The van der Waals surface area contributed by atoms with Crippen LogP contribution in [0.15, 0.2) is 42.2 Å². The van der Waals surface area contributed by atoms with Gasteiger partial charge in [0.2, 0.25) is 0 Å². The maximum Gasteiger partial charge on any atom is 0.494 e. The molecule has 0 amide bonds. The van der Waals surface area contributed by atoms with Gasteiger partial charge in [-0.25, -0.2) is 0 Å². The molecule has 0 radical (unpaired) electrons. The lowest BCUT2D eigenvalue weighted by atomic mass is 9.76. The van der Waals surface area contributed by atoms with Crippen molar-refractivity contribution >= 4 is 7.12 Å². The Kier molecular flexibility index (Phi) is 3.30. The number of H-pyrrole nitrogens is 1. The number of likely N-dealkylation sites (N-methyl/N-ethyl adjacent to an activating group) is 1. The van der Waals surface area contributed by atoms with Gasteiger partial charge in [-0.3, -0.25) is 0 Å². The van der Waals surface area contributed by atoms with Crippen LogP contribution < -0.4 is 0 Å². The van der Waals surface area contributed by atoms with E-state index in [4.69, 9.17) is 9.31 Å². The standard InChI is InChI=1S/C16H23BN2O2/c1-15(2)16(3,4)21-17(20-15)12-8-10-19(5)14(11-12)13-7-6-9-18-13/h6-11,14,18H,1-5H3. The summed E-state index contributed by atoms with van der Waals surface area (Å²) in [5.74, 6) is 0. The fourth-order valence-electron chi connectivity index (χ4n) is 2.63. The molecule has 21 heavy (non-hydrogen) atoms. The van der Waals surface area contributed by atoms with Crippen LogP contribution in [0.3, 0.4) is 0 Å². The molecule has 5 heteroatoms. The lowest BCUT2D eigenvalue weighted by molar-refractivity contribution is 0.00578. The van der Waals surface area contributed by atoms with Gasteiger partial charge in [-0.15, -0.1) is 0 Å². The third kappa shape index (κ3) is 2.45. The molecule has 0 saturated carbocycles. The highest BCUT2D eigenvalue weighted by Crippen LogP contribution is 2.40. The molecule has 1 fully saturated rings. The predicted octanol–water partition coefficient (Wildman–Crippen LogP) is 3.07. The molecule has 4 nitrogen and oxygen atoms in total. The molecule has 3 rings (SSSR count). The van der Waals surface area contributed by atoms with Crippen molar-refractivity contribution in [1.29, 1.82) is 0 Å². The van der Waals surface area contributed by atoms with Gasteiger partial charge in [-0.05, 0) is 57.6 Å². The van der Waals surface area contributed by atoms with E-state index < -0.39 is 0 Å². The summed E-state index contributed by atoms with van der Waals surface area (Å²) in [7, 11) is 1.76. The molecule has 0 aliphatic carbocycles. The summed E-state index contributed by atoms with van der Waals surface area (Å²) in [4.78, 5) is 5.45. The molecular weight excluding hydrogens is 263 g/mol. The van der Waals surface area contributed by atoms with Gasteiger partial charge in [0.05, 0.1) is 17.2 Å². The van der Waals surface area contributed by atoms with Crippen LogP contribution in [0.5, 0.6) is 0 Å². The second-order valence-electron chi connectivity index (χ2n) is 6.81. The summed E-state index contributed by atoms with van der Waals surface area (Å²) in [6.07, 6.45) is 8.30. The van der Waals surface area contributed by atoms with Crippen molar-refractivity contribution < 1.29 is 9.31 Å². The minimum absolute atomic E-state index is 0.180. The molecule has 2 aliphatic heterocycles. The molecule has 0 aromatic carbocycles. The number of aromatic nitrogens is 1.